The van der Waals surface area contributed by atoms with E-state index >= 15 is 0 Å². The summed E-state index contributed by atoms with van der Waals surface area (Å²) in [6, 6.07) is 0.0959. The molecule has 4 aliphatic rings. The molecule has 0 aliphatic heterocycles. The zero-order chi connectivity index (χ0) is 16.9. The van der Waals surface area contributed by atoms with Crippen LogP contribution in [0.25, 0.3) is 0 Å². The van der Waals surface area contributed by atoms with Crippen LogP contribution in [0.2, 0.25) is 0 Å². The van der Waals surface area contributed by atoms with Gasteiger partial charge in [-0.25, -0.2) is 0 Å². The molecule has 4 aliphatic carbocycles. The smallest absolute Gasteiger partial charge is 0.0621 e. The Labute approximate surface area is 146 Å². The van der Waals surface area contributed by atoms with Gasteiger partial charge in [-0.1, -0.05) is 30.7 Å². The summed E-state index contributed by atoms with van der Waals surface area (Å²) >= 11 is 0. The molecule has 0 saturated heterocycles. The number of rotatable bonds is 3. The van der Waals surface area contributed by atoms with Crippen LogP contribution in [0.4, 0.5) is 0 Å². The summed E-state index contributed by atoms with van der Waals surface area (Å²) in [6.07, 6.45) is 13.6. The number of ether oxygens (including phenoxy) is 1. The first-order chi connectivity index (χ1) is 11.5. The molecule has 3 nitrogen and oxygen atoms in total. The lowest BCUT2D eigenvalue weighted by Crippen LogP contribution is -2.53. The summed E-state index contributed by atoms with van der Waals surface area (Å²) in [5.41, 5.74) is 7.90. The van der Waals surface area contributed by atoms with E-state index in [-0.39, 0.29) is 23.0 Å². The second-order valence-electron chi connectivity index (χ2n) is 8.83. The van der Waals surface area contributed by atoms with Gasteiger partial charge in [-0.3, -0.25) is 0 Å². The minimum atomic E-state index is -0.171. The molecule has 0 radical (unpaired) electrons. The van der Waals surface area contributed by atoms with Crippen molar-refractivity contribution >= 4 is 0 Å². The van der Waals surface area contributed by atoms with E-state index in [1.807, 2.05) is 0 Å². The van der Waals surface area contributed by atoms with Gasteiger partial charge in [0.25, 0.3) is 0 Å². The average molecular weight is 332 g/mol. The van der Waals surface area contributed by atoms with Crippen LogP contribution >= 0.6 is 0 Å². The monoisotopic (exact) mass is 331 g/mol. The highest BCUT2D eigenvalue weighted by Crippen LogP contribution is 2.64. The summed E-state index contributed by atoms with van der Waals surface area (Å²) in [4.78, 5) is 0. The van der Waals surface area contributed by atoms with Crippen LogP contribution in [0.5, 0.6) is 0 Å². The highest BCUT2D eigenvalue weighted by atomic mass is 16.5. The molecule has 0 aromatic heterocycles. The van der Waals surface area contributed by atoms with Gasteiger partial charge in [0.2, 0.25) is 0 Å². The molecule has 3 saturated carbocycles. The quantitative estimate of drug-likeness (QED) is 0.779. The molecule has 7 atom stereocenters. The summed E-state index contributed by atoms with van der Waals surface area (Å²) < 4.78 is 5.87. The van der Waals surface area contributed by atoms with Crippen molar-refractivity contribution in [2.45, 2.75) is 64.5 Å². The Morgan fingerprint density at radius 1 is 1.25 bits per heavy atom. The molecular formula is C21H33NO2. The van der Waals surface area contributed by atoms with Crippen molar-refractivity contribution in [3.05, 3.63) is 23.8 Å². The van der Waals surface area contributed by atoms with Crippen molar-refractivity contribution in [3.8, 4) is 0 Å². The Balaban J connectivity index is 1.64. The minimum Gasteiger partial charge on any atom is -0.392 e. The summed E-state index contributed by atoms with van der Waals surface area (Å²) in [7, 11) is 0. The maximum Gasteiger partial charge on any atom is 0.0621 e. The largest absolute Gasteiger partial charge is 0.392 e. The lowest BCUT2D eigenvalue weighted by molar-refractivity contribution is -0.112. The minimum absolute atomic E-state index is 0.0174. The molecule has 3 heteroatoms. The van der Waals surface area contributed by atoms with E-state index in [1.165, 1.54) is 25.7 Å². The third-order valence-corrected chi connectivity index (χ3v) is 7.95. The number of hydrogen-bond donors (Lipinski definition) is 2. The lowest BCUT2D eigenvalue weighted by atomic mass is 9.48. The van der Waals surface area contributed by atoms with E-state index in [4.69, 9.17) is 10.5 Å². The van der Waals surface area contributed by atoms with Crippen molar-refractivity contribution in [1.29, 1.82) is 0 Å². The molecule has 134 valence electrons. The van der Waals surface area contributed by atoms with Crippen LogP contribution in [0.15, 0.2) is 23.8 Å². The highest BCUT2D eigenvalue weighted by Gasteiger charge is 2.60. The van der Waals surface area contributed by atoms with Crippen molar-refractivity contribution in [2.75, 3.05) is 13.2 Å². The fraction of sp³-hybridized carbons (Fsp3) is 0.810. The zero-order valence-corrected chi connectivity index (χ0v) is 15.2. The number of hydrogen-bond acceptors (Lipinski definition) is 3. The normalized spacial score (nSPS) is 50.0. The van der Waals surface area contributed by atoms with Gasteiger partial charge in [0.15, 0.2) is 0 Å². The zero-order valence-electron chi connectivity index (χ0n) is 15.2. The lowest BCUT2D eigenvalue weighted by Gasteiger charge is -2.57. The highest BCUT2D eigenvalue weighted by molar-refractivity contribution is 5.34. The van der Waals surface area contributed by atoms with Gasteiger partial charge in [0, 0.05) is 23.5 Å². The number of aliphatic hydroxyl groups excluding tert-OH is 1. The Morgan fingerprint density at radius 3 is 2.88 bits per heavy atom. The number of allylic oxidation sites excluding steroid dienone is 2. The number of fused-ring (bicyclic) bond motifs is 5. The van der Waals surface area contributed by atoms with Gasteiger partial charge in [-0.05, 0) is 63.2 Å². The first-order valence-corrected chi connectivity index (χ1v) is 9.93. The van der Waals surface area contributed by atoms with Crippen LogP contribution in [-0.2, 0) is 4.74 Å². The van der Waals surface area contributed by atoms with Crippen LogP contribution in [0.1, 0.15) is 52.4 Å². The van der Waals surface area contributed by atoms with Crippen molar-refractivity contribution in [2.24, 2.45) is 34.3 Å². The van der Waals surface area contributed by atoms with Gasteiger partial charge in [-0.2, -0.15) is 0 Å². The van der Waals surface area contributed by atoms with Crippen LogP contribution < -0.4 is 5.73 Å². The third kappa shape index (κ3) is 2.28. The first-order valence-electron chi connectivity index (χ1n) is 9.93. The number of nitrogens with two attached hydrogens (primary N) is 1. The fourth-order valence-electron chi connectivity index (χ4n) is 6.71. The Bertz CT molecular complexity index is 556. The molecule has 0 spiro atoms. The van der Waals surface area contributed by atoms with Gasteiger partial charge in [-0.15, -0.1) is 0 Å². The van der Waals surface area contributed by atoms with E-state index in [0.29, 0.717) is 11.8 Å². The Morgan fingerprint density at radius 2 is 2.08 bits per heavy atom. The SMILES string of the molecule is CCOC[C@]12CC[C@H]3[C@@H](CCC4=CC(N)C=C[C@@]43C)[C@@H]1CC[C@@H]2O. The molecule has 0 aromatic rings. The molecule has 1 unspecified atom stereocenters. The Kier molecular flexibility index (Phi) is 4.18. The molecule has 0 amide bonds. The van der Waals surface area contributed by atoms with Crippen molar-refractivity contribution < 1.29 is 9.84 Å². The van der Waals surface area contributed by atoms with Gasteiger partial charge >= 0.3 is 0 Å². The topological polar surface area (TPSA) is 55.5 Å². The predicted octanol–water partition coefficient (Wildman–Crippen LogP) is 3.43. The van der Waals surface area contributed by atoms with Crippen LogP contribution in [0.3, 0.4) is 0 Å². The first kappa shape index (κ1) is 16.8. The molecule has 0 aromatic carbocycles. The van der Waals surface area contributed by atoms with E-state index in [2.05, 4.69) is 32.1 Å². The molecule has 3 fully saturated rings. The molecule has 3 N–H and O–H groups in total. The van der Waals surface area contributed by atoms with Crippen molar-refractivity contribution in [1.82, 2.24) is 0 Å². The molecular weight excluding hydrogens is 298 g/mol. The van der Waals surface area contributed by atoms with Gasteiger partial charge < -0.3 is 15.6 Å². The summed E-state index contributed by atoms with van der Waals surface area (Å²) in [5, 5.41) is 10.8. The molecule has 4 rings (SSSR count). The van der Waals surface area contributed by atoms with Gasteiger partial charge in [0.05, 0.1) is 12.7 Å². The number of aliphatic hydroxyl groups is 1. The standard InChI is InChI=1S/C21H33NO2/c1-3-24-13-21-11-9-17-16(18(21)6-7-19(21)23)5-4-14-12-15(22)8-10-20(14,17)2/h8,10,12,15-19,23H,3-7,9,11,13,22H2,1-2H3/t15?,16-,17+,18+,19+,20+,21-/m1/s1. The van der Waals surface area contributed by atoms with Crippen LogP contribution in [0, 0.1) is 28.6 Å². The summed E-state index contributed by atoms with van der Waals surface area (Å²) in [5.74, 6) is 2.05. The maximum atomic E-state index is 10.8. The fourth-order valence-corrected chi connectivity index (χ4v) is 6.71. The van der Waals surface area contributed by atoms with E-state index in [9.17, 15) is 5.11 Å². The van der Waals surface area contributed by atoms with Gasteiger partial charge in [0.1, 0.15) is 0 Å². The maximum absolute atomic E-state index is 10.8. The average Bonchev–Trinajstić information content (AvgIpc) is 2.91. The van der Waals surface area contributed by atoms with E-state index in [0.717, 1.165) is 32.0 Å². The molecule has 0 heterocycles. The predicted molar refractivity (Wildman–Crippen MR) is 96.4 cm³/mol. The second kappa shape index (κ2) is 5.96. The van der Waals surface area contributed by atoms with Crippen molar-refractivity contribution in [3.63, 3.8) is 0 Å². The van der Waals surface area contributed by atoms with E-state index in [1.54, 1.807) is 5.57 Å². The molecule has 0 bridgehead atoms. The second-order valence-corrected chi connectivity index (χ2v) is 8.83. The Hall–Kier alpha value is -0.640. The van der Waals surface area contributed by atoms with E-state index < -0.39 is 0 Å². The molecule has 24 heavy (non-hydrogen) atoms. The summed E-state index contributed by atoms with van der Waals surface area (Å²) in [6.45, 7) is 5.99. The van der Waals surface area contributed by atoms with Crippen LogP contribution in [-0.4, -0.2) is 30.5 Å². The third-order valence-electron chi connectivity index (χ3n) is 7.95.